The second kappa shape index (κ2) is 8.02. The van der Waals surface area contributed by atoms with E-state index in [1.54, 1.807) is 4.88 Å². The van der Waals surface area contributed by atoms with E-state index in [2.05, 4.69) is 29.2 Å². The largest absolute Gasteiger partial charge is 0.370 e. The molecule has 0 saturated carbocycles. The molecule has 5 heteroatoms. The molecular formula is C20H31N3OS. The molecule has 2 aliphatic heterocycles. The van der Waals surface area contributed by atoms with Gasteiger partial charge in [-0.15, -0.1) is 11.3 Å². The Bertz CT molecular complexity index is 683. The van der Waals surface area contributed by atoms with E-state index in [0.29, 0.717) is 0 Å². The number of aromatic nitrogens is 2. The fourth-order valence-electron chi connectivity index (χ4n) is 3.94. The molecule has 4 heterocycles. The first kappa shape index (κ1) is 18.6. The third kappa shape index (κ3) is 3.83. The number of likely N-dealkylation sites (tertiary alicyclic amines) is 1. The fraction of sp³-hybridized carbons (Fsp3) is 0.650. The zero-order valence-electron chi connectivity index (χ0n) is 16.0. The lowest BCUT2D eigenvalue weighted by atomic mass is 9.82. The summed E-state index contributed by atoms with van der Waals surface area (Å²) in [5.41, 5.74) is 2.80. The summed E-state index contributed by atoms with van der Waals surface area (Å²) in [6, 6.07) is 2.43. The van der Waals surface area contributed by atoms with Gasteiger partial charge in [-0.3, -0.25) is 9.58 Å². The van der Waals surface area contributed by atoms with Crippen molar-refractivity contribution in [2.24, 2.45) is 7.05 Å². The number of thiophene rings is 1. The molecule has 0 amide bonds. The van der Waals surface area contributed by atoms with Gasteiger partial charge in [0.1, 0.15) is 0 Å². The normalized spacial score (nSPS) is 19.4. The highest BCUT2D eigenvalue weighted by atomic mass is 32.1. The van der Waals surface area contributed by atoms with Crippen molar-refractivity contribution in [1.29, 1.82) is 0 Å². The molecule has 4 rings (SSSR count). The van der Waals surface area contributed by atoms with Crippen LogP contribution in [0.3, 0.4) is 0 Å². The summed E-state index contributed by atoms with van der Waals surface area (Å²) in [6.45, 7) is 10.3. The zero-order valence-corrected chi connectivity index (χ0v) is 16.9. The van der Waals surface area contributed by atoms with Crippen LogP contribution in [0.15, 0.2) is 18.5 Å². The highest BCUT2D eigenvalue weighted by Crippen LogP contribution is 2.44. The molecule has 0 N–H and O–H groups in total. The van der Waals surface area contributed by atoms with Crippen LogP contribution in [-0.2, 0) is 36.8 Å². The summed E-state index contributed by atoms with van der Waals surface area (Å²) < 4.78 is 8.24. The Morgan fingerprint density at radius 3 is 2.68 bits per heavy atom. The average Bonchev–Trinajstić information content (AvgIpc) is 3.26. The van der Waals surface area contributed by atoms with Crippen molar-refractivity contribution in [3.63, 3.8) is 0 Å². The van der Waals surface area contributed by atoms with Crippen LogP contribution in [0.2, 0.25) is 0 Å². The molecule has 138 valence electrons. The molecule has 0 aliphatic carbocycles. The minimum atomic E-state index is -0.0110. The molecule has 2 aromatic heterocycles. The van der Waals surface area contributed by atoms with Crippen LogP contribution in [0.5, 0.6) is 0 Å². The first-order chi connectivity index (χ1) is 12.2. The van der Waals surface area contributed by atoms with E-state index < -0.39 is 0 Å². The number of aryl methyl sites for hydroxylation is 2. The maximum atomic E-state index is 6.36. The summed E-state index contributed by atoms with van der Waals surface area (Å²) in [7, 11) is 1.98. The van der Waals surface area contributed by atoms with E-state index in [-0.39, 0.29) is 5.60 Å². The first-order valence-electron chi connectivity index (χ1n) is 9.64. The molecule has 1 spiro atoms. The Morgan fingerprint density at radius 2 is 2.04 bits per heavy atom. The van der Waals surface area contributed by atoms with Gasteiger partial charge >= 0.3 is 0 Å². The van der Waals surface area contributed by atoms with Crippen molar-refractivity contribution in [3.05, 3.63) is 39.3 Å². The number of fused-ring (bicyclic) bond motifs is 2. The van der Waals surface area contributed by atoms with Gasteiger partial charge in [0.15, 0.2) is 0 Å². The van der Waals surface area contributed by atoms with E-state index in [4.69, 9.17) is 4.74 Å². The van der Waals surface area contributed by atoms with Crippen LogP contribution in [0.25, 0.3) is 0 Å². The molecule has 0 atom stereocenters. The predicted octanol–water partition coefficient (Wildman–Crippen LogP) is 4.13. The molecule has 1 saturated heterocycles. The molecule has 0 unspecified atom stereocenters. The summed E-state index contributed by atoms with van der Waals surface area (Å²) >= 11 is 2.00. The van der Waals surface area contributed by atoms with Crippen LogP contribution >= 0.6 is 11.3 Å². The second-order valence-electron chi connectivity index (χ2n) is 6.79. The third-order valence-electron chi connectivity index (χ3n) is 5.24. The lowest BCUT2D eigenvalue weighted by molar-refractivity contribution is -0.0981. The minimum absolute atomic E-state index is 0.0110. The van der Waals surface area contributed by atoms with Crippen molar-refractivity contribution in [1.82, 2.24) is 14.7 Å². The van der Waals surface area contributed by atoms with Crippen molar-refractivity contribution in [2.75, 3.05) is 19.7 Å². The first-order valence-corrected chi connectivity index (χ1v) is 10.5. The Morgan fingerprint density at radius 1 is 1.28 bits per heavy atom. The Kier molecular flexibility index (Phi) is 5.97. The lowest BCUT2D eigenvalue weighted by Gasteiger charge is -2.44. The van der Waals surface area contributed by atoms with Gasteiger partial charge in [0.2, 0.25) is 0 Å². The highest BCUT2D eigenvalue weighted by molar-refractivity contribution is 7.12. The zero-order chi connectivity index (χ0) is 17.9. The number of rotatable bonds is 3. The van der Waals surface area contributed by atoms with Gasteiger partial charge in [0.05, 0.1) is 18.4 Å². The van der Waals surface area contributed by atoms with Crippen molar-refractivity contribution < 1.29 is 4.74 Å². The number of hydrogen-bond donors (Lipinski definition) is 0. The topological polar surface area (TPSA) is 30.3 Å². The van der Waals surface area contributed by atoms with Gasteiger partial charge in [-0.2, -0.15) is 5.10 Å². The maximum absolute atomic E-state index is 6.36. The standard InChI is InChI=1S/C18H25N3OS.C2H6/c1-3-15-10-16-17(23-15)4-9-22-18(16)5-7-21(8-6-18)13-14-11-19-20(2)12-14;1-2/h10-12H,3-9,13H2,1-2H3;1-2H3. The number of hydrogen-bond acceptors (Lipinski definition) is 4. The Hall–Kier alpha value is -1.17. The number of ether oxygens (including phenoxy) is 1. The van der Waals surface area contributed by atoms with E-state index >= 15 is 0 Å². The van der Waals surface area contributed by atoms with Crippen molar-refractivity contribution >= 4 is 11.3 Å². The van der Waals surface area contributed by atoms with Crippen LogP contribution in [0.4, 0.5) is 0 Å². The molecule has 2 aliphatic rings. The second-order valence-corrected chi connectivity index (χ2v) is 8.02. The van der Waals surface area contributed by atoms with E-state index in [1.807, 2.05) is 43.1 Å². The van der Waals surface area contributed by atoms with E-state index in [1.165, 1.54) is 16.0 Å². The number of piperidine rings is 1. The van der Waals surface area contributed by atoms with Gasteiger partial charge in [-0.1, -0.05) is 20.8 Å². The fourth-order valence-corrected chi connectivity index (χ4v) is 5.12. The van der Waals surface area contributed by atoms with Gasteiger partial charge in [-0.05, 0) is 30.9 Å². The third-order valence-corrected chi connectivity index (χ3v) is 6.57. The smallest absolute Gasteiger partial charge is 0.0966 e. The summed E-state index contributed by atoms with van der Waals surface area (Å²) in [5, 5.41) is 4.27. The highest BCUT2D eigenvalue weighted by Gasteiger charge is 2.41. The van der Waals surface area contributed by atoms with Crippen LogP contribution in [0.1, 0.15) is 54.5 Å². The van der Waals surface area contributed by atoms with Gasteiger partial charge in [0, 0.05) is 54.6 Å². The summed E-state index contributed by atoms with van der Waals surface area (Å²) in [5.74, 6) is 0. The quantitative estimate of drug-likeness (QED) is 0.823. The molecular weight excluding hydrogens is 330 g/mol. The van der Waals surface area contributed by atoms with Gasteiger partial charge in [-0.25, -0.2) is 0 Å². The molecule has 1 fully saturated rings. The average molecular weight is 362 g/mol. The van der Waals surface area contributed by atoms with E-state index in [9.17, 15) is 0 Å². The monoisotopic (exact) mass is 361 g/mol. The Balaban J connectivity index is 0.000000880. The van der Waals surface area contributed by atoms with Crippen LogP contribution < -0.4 is 0 Å². The molecule has 0 radical (unpaired) electrons. The molecule has 0 bridgehead atoms. The minimum Gasteiger partial charge on any atom is -0.370 e. The van der Waals surface area contributed by atoms with Crippen LogP contribution in [0, 0.1) is 0 Å². The molecule has 0 aromatic carbocycles. The molecule has 2 aromatic rings. The van der Waals surface area contributed by atoms with Crippen LogP contribution in [-0.4, -0.2) is 34.4 Å². The van der Waals surface area contributed by atoms with Crippen molar-refractivity contribution in [2.45, 2.75) is 58.6 Å². The maximum Gasteiger partial charge on any atom is 0.0966 e. The lowest BCUT2D eigenvalue weighted by Crippen LogP contribution is -2.45. The van der Waals surface area contributed by atoms with Gasteiger partial charge < -0.3 is 4.74 Å². The predicted molar refractivity (Wildman–Crippen MR) is 104 cm³/mol. The molecule has 4 nitrogen and oxygen atoms in total. The number of nitrogens with zero attached hydrogens (tertiary/aromatic N) is 3. The SMILES string of the molecule is CC.CCc1cc2c(s1)CCOC21CCN(Cc2cnn(C)c2)CC1. The molecule has 25 heavy (non-hydrogen) atoms. The summed E-state index contributed by atoms with van der Waals surface area (Å²) in [6.07, 6.45) is 8.56. The van der Waals surface area contributed by atoms with Crippen molar-refractivity contribution in [3.8, 4) is 0 Å². The van der Waals surface area contributed by atoms with Gasteiger partial charge in [0.25, 0.3) is 0 Å². The van der Waals surface area contributed by atoms with E-state index in [0.717, 1.165) is 51.9 Å². The summed E-state index contributed by atoms with van der Waals surface area (Å²) in [4.78, 5) is 5.62. The Labute approximate surface area is 155 Å².